The van der Waals surface area contributed by atoms with E-state index in [1.807, 2.05) is 0 Å². The molecule has 0 bridgehead atoms. The molecule has 146 valence electrons. The average molecular weight is 398 g/mol. The molecule has 2 aromatic rings. The molecule has 1 N–H and O–H groups in total. The van der Waals surface area contributed by atoms with Gasteiger partial charge in [-0.1, -0.05) is 5.16 Å². The first-order chi connectivity index (χ1) is 12.7. The highest BCUT2D eigenvalue weighted by Gasteiger charge is 2.24. The lowest BCUT2D eigenvalue weighted by Crippen LogP contribution is -2.31. The van der Waals surface area contributed by atoms with Gasteiger partial charge in [-0.3, -0.25) is 9.59 Å². The van der Waals surface area contributed by atoms with E-state index in [1.165, 1.54) is 38.1 Å². The number of esters is 1. The van der Waals surface area contributed by atoms with Gasteiger partial charge in [-0.15, -0.1) is 0 Å². The van der Waals surface area contributed by atoms with Crippen LogP contribution in [0.25, 0.3) is 0 Å². The van der Waals surface area contributed by atoms with Gasteiger partial charge in [-0.2, -0.15) is 4.72 Å². The van der Waals surface area contributed by atoms with Crippen LogP contribution in [0.3, 0.4) is 0 Å². The van der Waals surface area contributed by atoms with E-state index in [-0.39, 0.29) is 41.6 Å². The third-order valence-corrected chi connectivity index (χ3v) is 5.27. The van der Waals surface area contributed by atoms with Gasteiger partial charge in [0.1, 0.15) is 23.0 Å². The van der Waals surface area contributed by atoms with Gasteiger partial charge < -0.3 is 9.26 Å². The van der Waals surface area contributed by atoms with Gasteiger partial charge in [0.2, 0.25) is 10.0 Å². The van der Waals surface area contributed by atoms with E-state index < -0.39 is 28.4 Å². The van der Waals surface area contributed by atoms with Crippen LogP contribution in [0.2, 0.25) is 0 Å². The number of Topliss-reactive ketones (excluding diaryl/α,β-unsaturated/α-hetero) is 1. The number of hydrogen-bond acceptors (Lipinski definition) is 7. The summed E-state index contributed by atoms with van der Waals surface area (Å²) in [6.07, 6.45) is 0.377. The summed E-state index contributed by atoms with van der Waals surface area (Å²) in [5.74, 6) is -1.29. The van der Waals surface area contributed by atoms with Gasteiger partial charge in [-0.25, -0.2) is 12.8 Å². The second-order valence-electron chi connectivity index (χ2n) is 5.73. The molecule has 8 nitrogen and oxygen atoms in total. The lowest BCUT2D eigenvalue weighted by Gasteiger charge is -2.07. The molecule has 1 aromatic carbocycles. The zero-order valence-corrected chi connectivity index (χ0v) is 15.6. The molecular formula is C17H19FN2O6S. The molecular weight excluding hydrogens is 379 g/mol. The van der Waals surface area contributed by atoms with Crippen LogP contribution in [0.5, 0.6) is 0 Å². The fraction of sp³-hybridized carbons (Fsp3) is 0.353. The Bertz CT molecular complexity index is 902. The maximum Gasteiger partial charge on any atom is 0.321 e. The lowest BCUT2D eigenvalue weighted by atomic mass is 10.1. The normalized spacial score (nSPS) is 11.4. The number of aromatic nitrogens is 1. The first-order valence-electron chi connectivity index (χ1n) is 8.07. The Balaban J connectivity index is 1.73. The number of benzene rings is 1. The minimum absolute atomic E-state index is 0.0428. The van der Waals surface area contributed by atoms with E-state index in [9.17, 15) is 22.4 Å². The van der Waals surface area contributed by atoms with Crippen LogP contribution in [0.1, 0.15) is 34.7 Å². The van der Waals surface area contributed by atoms with Crippen LogP contribution in [-0.4, -0.2) is 38.5 Å². The van der Waals surface area contributed by atoms with E-state index in [0.717, 1.165) is 0 Å². The molecule has 0 aliphatic heterocycles. The third kappa shape index (κ3) is 5.69. The zero-order valence-electron chi connectivity index (χ0n) is 14.8. The summed E-state index contributed by atoms with van der Waals surface area (Å²) in [5, 5.41) is 3.55. The Morgan fingerprint density at radius 3 is 2.48 bits per heavy atom. The molecule has 0 aliphatic carbocycles. The Hall–Kier alpha value is -2.59. The Labute approximate surface area is 155 Å². The molecule has 1 aromatic heterocycles. The van der Waals surface area contributed by atoms with Crippen molar-refractivity contribution in [2.75, 3.05) is 13.2 Å². The van der Waals surface area contributed by atoms with Crippen molar-refractivity contribution in [1.82, 2.24) is 9.88 Å². The number of ketones is 1. The number of nitrogens with zero attached hydrogens (tertiary/aromatic N) is 1. The van der Waals surface area contributed by atoms with Crippen LogP contribution in [0.15, 0.2) is 33.7 Å². The standard InChI is InChI=1S/C17H19FN2O6S/c1-11-17(12(2)26-20-11)27(23,24)19-10-16(22)25-9-3-4-15(21)13-5-7-14(18)8-6-13/h5-8,19H,3-4,9-10H2,1-2H3. The van der Waals surface area contributed by atoms with Crippen molar-refractivity contribution in [3.05, 3.63) is 47.1 Å². The highest BCUT2D eigenvalue weighted by atomic mass is 32.2. The summed E-state index contributed by atoms with van der Waals surface area (Å²) in [4.78, 5) is 23.4. The van der Waals surface area contributed by atoms with Crippen molar-refractivity contribution in [2.45, 2.75) is 31.6 Å². The summed E-state index contributed by atoms with van der Waals surface area (Å²) >= 11 is 0. The predicted molar refractivity (Wildman–Crippen MR) is 92.1 cm³/mol. The molecule has 0 fully saturated rings. The number of carbonyl (C=O) groups excluding carboxylic acids is 2. The van der Waals surface area contributed by atoms with Crippen LogP contribution in [0.4, 0.5) is 4.39 Å². The first-order valence-corrected chi connectivity index (χ1v) is 9.56. The summed E-state index contributed by atoms with van der Waals surface area (Å²) in [6.45, 7) is 2.32. The van der Waals surface area contributed by atoms with E-state index in [0.29, 0.717) is 5.56 Å². The molecule has 0 atom stereocenters. The molecule has 0 amide bonds. The Morgan fingerprint density at radius 2 is 1.89 bits per heavy atom. The van der Waals surface area contributed by atoms with Gasteiger partial charge in [0.15, 0.2) is 11.5 Å². The maximum atomic E-state index is 12.8. The highest BCUT2D eigenvalue weighted by Crippen LogP contribution is 2.18. The number of aryl methyl sites for hydroxylation is 2. The number of carbonyl (C=O) groups is 2. The smallest absolute Gasteiger partial charge is 0.321 e. The van der Waals surface area contributed by atoms with Crippen LogP contribution in [0, 0.1) is 19.7 Å². The fourth-order valence-corrected chi connectivity index (χ4v) is 3.63. The van der Waals surface area contributed by atoms with Gasteiger partial charge in [0.05, 0.1) is 6.61 Å². The largest absolute Gasteiger partial charge is 0.465 e. The molecule has 0 radical (unpaired) electrons. The second kappa shape index (κ2) is 8.87. The van der Waals surface area contributed by atoms with E-state index >= 15 is 0 Å². The summed E-state index contributed by atoms with van der Waals surface area (Å²) < 4.78 is 48.9. The van der Waals surface area contributed by atoms with Crippen molar-refractivity contribution >= 4 is 21.8 Å². The lowest BCUT2D eigenvalue weighted by molar-refractivity contribution is -0.142. The number of rotatable bonds is 9. The number of hydrogen-bond donors (Lipinski definition) is 1. The van der Waals surface area contributed by atoms with Gasteiger partial charge >= 0.3 is 5.97 Å². The van der Waals surface area contributed by atoms with Crippen LogP contribution < -0.4 is 4.72 Å². The molecule has 10 heteroatoms. The quantitative estimate of drug-likeness (QED) is 0.390. The number of halogens is 1. The molecule has 0 saturated heterocycles. The van der Waals surface area contributed by atoms with Crippen molar-refractivity contribution in [2.24, 2.45) is 0 Å². The summed E-state index contributed by atoms with van der Waals surface area (Å²) in [6, 6.07) is 5.15. The van der Waals surface area contributed by atoms with Gasteiger partial charge in [-0.05, 0) is 44.5 Å². The molecule has 0 spiro atoms. The van der Waals surface area contributed by atoms with Crippen molar-refractivity contribution in [3.63, 3.8) is 0 Å². The maximum absolute atomic E-state index is 12.8. The monoisotopic (exact) mass is 398 g/mol. The van der Waals surface area contributed by atoms with Crippen molar-refractivity contribution < 1.29 is 31.7 Å². The number of sulfonamides is 1. The Morgan fingerprint density at radius 1 is 1.22 bits per heavy atom. The number of nitrogens with one attached hydrogen (secondary N) is 1. The zero-order chi connectivity index (χ0) is 20.0. The van der Waals surface area contributed by atoms with Crippen molar-refractivity contribution in [1.29, 1.82) is 0 Å². The molecule has 0 aliphatic rings. The second-order valence-corrected chi connectivity index (χ2v) is 7.44. The van der Waals surface area contributed by atoms with E-state index in [1.54, 1.807) is 0 Å². The molecule has 2 rings (SSSR count). The minimum atomic E-state index is -3.95. The third-order valence-electron chi connectivity index (χ3n) is 3.62. The topological polar surface area (TPSA) is 116 Å². The molecule has 1 heterocycles. The molecule has 27 heavy (non-hydrogen) atoms. The SMILES string of the molecule is Cc1noc(C)c1S(=O)(=O)NCC(=O)OCCCC(=O)c1ccc(F)cc1. The van der Waals surface area contributed by atoms with Gasteiger partial charge in [0.25, 0.3) is 0 Å². The predicted octanol–water partition coefficient (Wildman–Crippen LogP) is 1.92. The molecule has 0 unspecified atom stereocenters. The highest BCUT2D eigenvalue weighted by molar-refractivity contribution is 7.89. The van der Waals surface area contributed by atoms with Crippen LogP contribution in [-0.2, 0) is 19.6 Å². The van der Waals surface area contributed by atoms with E-state index in [4.69, 9.17) is 9.26 Å². The van der Waals surface area contributed by atoms with Crippen molar-refractivity contribution in [3.8, 4) is 0 Å². The minimum Gasteiger partial charge on any atom is -0.465 e. The molecule has 0 saturated carbocycles. The summed E-state index contributed by atoms with van der Waals surface area (Å²) in [7, 11) is -3.95. The van der Waals surface area contributed by atoms with E-state index in [2.05, 4.69) is 9.88 Å². The number of ether oxygens (including phenoxy) is 1. The average Bonchev–Trinajstić information content (AvgIpc) is 2.96. The fourth-order valence-electron chi connectivity index (χ4n) is 2.33. The van der Waals surface area contributed by atoms with Gasteiger partial charge in [0, 0.05) is 12.0 Å². The van der Waals surface area contributed by atoms with Crippen LogP contribution >= 0.6 is 0 Å². The Kier molecular flexibility index (Phi) is 6.81. The summed E-state index contributed by atoms with van der Waals surface area (Å²) in [5.41, 5.74) is 0.558. The first kappa shape index (κ1) is 20.7.